The average molecular weight is 476 g/mol. The van der Waals surface area contributed by atoms with Crippen LogP contribution in [0.3, 0.4) is 0 Å². The van der Waals surface area contributed by atoms with Crippen LogP contribution >= 0.6 is 0 Å². The number of hydrazone groups is 1. The third-order valence-electron chi connectivity index (χ3n) is 4.56. The maximum Gasteiger partial charge on any atom is 0.416 e. The molecule has 3 aromatic carbocycles. The van der Waals surface area contributed by atoms with E-state index in [-0.39, 0.29) is 12.2 Å². The summed E-state index contributed by atoms with van der Waals surface area (Å²) in [5.41, 5.74) is 2.38. The molecule has 1 amide bonds. The van der Waals surface area contributed by atoms with Crippen LogP contribution in [0.2, 0.25) is 0 Å². The number of amides is 1. The highest BCUT2D eigenvalue weighted by Crippen LogP contribution is 2.32. The number of hydrogen-bond acceptors (Lipinski definition) is 5. The Balaban J connectivity index is 1.87. The van der Waals surface area contributed by atoms with Gasteiger partial charge >= 0.3 is 16.3 Å². The summed E-state index contributed by atoms with van der Waals surface area (Å²) in [7, 11) is -4.48. The molecule has 0 fully saturated rings. The average Bonchev–Trinajstić information content (AvgIpc) is 2.75. The molecular formula is C23H19F3N2O4S. The molecule has 10 heteroatoms. The van der Waals surface area contributed by atoms with Gasteiger partial charge in [0.2, 0.25) is 5.91 Å². The lowest BCUT2D eigenvalue weighted by Crippen LogP contribution is -2.20. The van der Waals surface area contributed by atoms with E-state index in [0.29, 0.717) is 12.1 Å². The fourth-order valence-corrected chi connectivity index (χ4v) is 3.98. The molecule has 0 aromatic heterocycles. The van der Waals surface area contributed by atoms with Crippen molar-refractivity contribution in [2.24, 2.45) is 5.10 Å². The summed E-state index contributed by atoms with van der Waals surface area (Å²) in [5, 5.41) is 3.66. The van der Waals surface area contributed by atoms with Gasteiger partial charge in [0.05, 0.1) is 18.2 Å². The molecule has 0 aliphatic heterocycles. The van der Waals surface area contributed by atoms with Crippen molar-refractivity contribution in [3.63, 3.8) is 0 Å². The van der Waals surface area contributed by atoms with Gasteiger partial charge in [-0.1, -0.05) is 42.5 Å². The van der Waals surface area contributed by atoms with Gasteiger partial charge in [0, 0.05) is 5.56 Å². The first kappa shape index (κ1) is 24.0. The van der Waals surface area contributed by atoms with Crippen LogP contribution in [0.4, 0.5) is 13.2 Å². The highest BCUT2D eigenvalue weighted by atomic mass is 32.2. The summed E-state index contributed by atoms with van der Waals surface area (Å²) >= 11 is 0. The summed E-state index contributed by atoms with van der Waals surface area (Å²) in [5.74, 6) is -0.524. The van der Waals surface area contributed by atoms with Crippen LogP contribution in [0.15, 0.2) is 82.8 Å². The van der Waals surface area contributed by atoms with Crippen molar-refractivity contribution in [3.05, 3.63) is 95.1 Å². The van der Waals surface area contributed by atoms with Crippen LogP contribution in [0.1, 0.15) is 22.3 Å². The minimum atomic E-state index is -4.71. The second-order valence-electron chi connectivity index (χ2n) is 7.00. The van der Waals surface area contributed by atoms with E-state index < -0.39 is 38.2 Å². The molecule has 0 aliphatic carbocycles. The number of benzene rings is 3. The number of carbonyl (C=O) groups is 1. The molecule has 0 unspecified atom stereocenters. The van der Waals surface area contributed by atoms with Gasteiger partial charge in [-0.15, -0.1) is 0 Å². The Bertz CT molecular complexity index is 1270. The van der Waals surface area contributed by atoms with Gasteiger partial charge in [-0.25, -0.2) is 5.43 Å². The topological polar surface area (TPSA) is 84.8 Å². The van der Waals surface area contributed by atoms with Gasteiger partial charge in [0.1, 0.15) is 10.6 Å². The van der Waals surface area contributed by atoms with E-state index in [9.17, 15) is 26.4 Å². The number of para-hydroxylation sites is 1. The van der Waals surface area contributed by atoms with E-state index in [4.69, 9.17) is 4.18 Å². The normalized spacial score (nSPS) is 12.0. The molecule has 0 aliphatic rings. The fourth-order valence-electron chi connectivity index (χ4n) is 2.90. The zero-order chi connectivity index (χ0) is 24.1. The van der Waals surface area contributed by atoms with E-state index >= 15 is 0 Å². The number of alkyl halides is 3. The molecule has 172 valence electrons. The second kappa shape index (κ2) is 9.86. The standard InChI is InChI=1S/C23H19F3N2O4S/c1-16-7-5-6-8-17(16)14-22(29)28-27-15-18-13-19(23(24,25)26)11-12-21(18)33(30,31)32-20-9-3-2-4-10-20/h2-13,15H,14H2,1H3,(H,28,29). The first-order valence-electron chi connectivity index (χ1n) is 9.63. The molecule has 0 heterocycles. The van der Waals surface area contributed by atoms with Crippen LogP contribution in [-0.4, -0.2) is 20.5 Å². The molecule has 33 heavy (non-hydrogen) atoms. The summed E-state index contributed by atoms with van der Waals surface area (Å²) in [6.07, 6.45) is -3.87. The highest BCUT2D eigenvalue weighted by molar-refractivity contribution is 7.87. The van der Waals surface area contributed by atoms with Gasteiger partial charge < -0.3 is 4.18 Å². The number of halogens is 3. The Morgan fingerprint density at radius 2 is 1.70 bits per heavy atom. The third kappa shape index (κ3) is 6.42. The van der Waals surface area contributed by atoms with E-state index in [1.54, 1.807) is 30.3 Å². The van der Waals surface area contributed by atoms with Crippen molar-refractivity contribution >= 4 is 22.2 Å². The van der Waals surface area contributed by atoms with Gasteiger partial charge in [-0.3, -0.25) is 4.79 Å². The number of rotatable bonds is 7. The van der Waals surface area contributed by atoms with Gasteiger partial charge in [0.25, 0.3) is 0 Å². The number of nitrogens with one attached hydrogen (secondary N) is 1. The van der Waals surface area contributed by atoms with Crippen molar-refractivity contribution in [1.29, 1.82) is 0 Å². The van der Waals surface area contributed by atoms with Crippen molar-refractivity contribution in [2.45, 2.75) is 24.4 Å². The quantitative estimate of drug-likeness (QED) is 0.310. The van der Waals surface area contributed by atoms with Crippen molar-refractivity contribution in [1.82, 2.24) is 5.43 Å². The SMILES string of the molecule is Cc1ccccc1CC(=O)NN=Cc1cc(C(F)(F)F)ccc1S(=O)(=O)Oc1ccccc1. The second-order valence-corrected chi connectivity index (χ2v) is 8.51. The molecule has 0 atom stereocenters. The number of hydrogen-bond donors (Lipinski definition) is 1. The summed E-state index contributed by atoms with van der Waals surface area (Å²) in [6, 6.07) is 16.7. The molecule has 0 saturated carbocycles. The third-order valence-corrected chi connectivity index (χ3v) is 5.88. The maximum absolute atomic E-state index is 13.2. The maximum atomic E-state index is 13.2. The molecular weight excluding hydrogens is 457 g/mol. The smallest absolute Gasteiger partial charge is 0.379 e. The van der Waals surface area contributed by atoms with Crippen LogP contribution in [0.25, 0.3) is 0 Å². The van der Waals surface area contributed by atoms with Gasteiger partial charge in [-0.05, 0) is 48.4 Å². The summed E-state index contributed by atoms with van der Waals surface area (Å²) in [4.78, 5) is 11.6. The van der Waals surface area contributed by atoms with E-state index in [0.717, 1.165) is 23.4 Å². The number of nitrogens with zero attached hydrogens (tertiary/aromatic N) is 1. The van der Waals surface area contributed by atoms with Gasteiger partial charge in [-0.2, -0.15) is 26.7 Å². The largest absolute Gasteiger partial charge is 0.416 e. The predicted molar refractivity (Wildman–Crippen MR) is 116 cm³/mol. The Labute approximate surface area is 188 Å². The van der Waals surface area contributed by atoms with E-state index in [1.165, 1.54) is 12.1 Å². The molecule has 0 saturated heterocycles. The molecule has 3 aromatic rings. The minimum Gasteiger partial charge on any atom is -0.379 e. The molecule has 1 N–H and O–H groups in total. The Morgan fingerprint density at radius 3 is 2.36 bits per heavy atom. The molecule has 6 nitrogen and oxygen atoms in total. The van der Waals surface area contributed by atoms with E-state index in [2.05, 4.69) is 10.5 Å². The summed E-state index contributed by atoms with van der Waals surface area (Å²) in [6.45, 7) is 1.83. The number of carbonyl (C=O) groups excluding carboxylic acids is 1. The minimum absolute atomic E-state index is 0.00508. The Kier molecular flexibility index (Phi) is 7.17. The zero-order valence-corrected chi connectivity index (χ0v) is 18.2. The van der Waals surface area contributed by atoms with E-state index in [1.807, 2.05) is 19.1 Å². The first-order valence-corrected chi connectivity index (χ1v) is 11.0. The lowest BCUT2D eigenvalue weighted by Gasteiger charge is -2.12. The van der Waals surface area contributed by atoms with Gasteiger partial charge in [0.15, 0.2) is 0 Å². The van der Waals surface area contributed by atoms with Crippen LogP contribution in [0, 0.1) is 6.92 Å². The zero-order valence-electron chi connectivity index (χ0n) is 17.3. The summed E-state index contributed by atoms with van der Waals surface area (Å²) < 4.78 is 70.0. The fraction of sp³-hybridized carbons (Fsp3) is 0.130. The van der Waals surface area contributed by atoms with Crippen LogP contribution in [-0.2, 0) is 27.5 Å². The lowest BCUT2D eigenvalue weighted by atomic mass is 10.1. The van der Waals surface area contributed by atoms with Crippen LogP contribution in [0.5, 0.6) is 5.75 Å². The Morgan fingerprint density at radius 1 is 1.03 bits per heavy atom. The molecule has 0 radical (unpaired) electrons. The Hall–Kier alpha value is -3.66. The highest BCUT2D eigenvalue weighted by Gasteiger charge is 2.32. The van der Waals surface area contributed by atoms with Crippen LogP contribution < -0.4 is 9.61 Å². The first-order chi connectivity index (χ1) is 15.6. The number of aryl methyl sites for hydroxylation is 1. The molecule has 3 rings (SSSR count). The van der Waals surface area contributed by atoms with Crippen molar-refractivity contribution in [3.8, 4) is 5.75 Å². The molecule has 0 bridgehead atoms. The van der Waals surface area contributed by atoms with Crippen molar-refractivity contribution in [2.75, 3.05) is 0 Å². The molecule has 0 spiro atoms. The van der Waals surface area contributed by atoms with Crippen molar-refractivity contribution < 1.29 is 30.6 Å². The predicted octanol–water partition coefficient (Wildman–Crippen LogP) is 4.47. The monoisotopic (exact) mass is 476 g/mol. The lowest BCUT2D eigenvalue weighted by molar-refractivity contribution is -0.137.